The minimum Gasteiger partial charge on any atom is -0.369 e. The largest absolute Gasteiger partial charge is 0.369 e. The lowest BCUT2D eigenvalue weighted by molar-refractivity contribution is -0.129. The van der Waals surface area contributed by atoms with Crippen LogP contribution in [0.4, 0.5) is 0 Å². The van der Waals surface area contributed by atoms with Crippen molar-refractivity contribution in [2.45, 2.75) is 18.9 Å². The highest BCUT2D eigenvalue weighted by Crippen LogP contribution is 2.40. The maximum atomic E-state index is 13.3. The van der Waals surface area contributed by atoms with E-state index in [2.05, 4.69) is 20.2 Å². The van der Waals surface area contributed by atoms with Crippen LogP contribution in [-0.2, 0) is 16.8 Å². The molecule has 1 aliphatic heterocycles. The highest BCUT2D eigenvalue weighted by molar-refractivity contribution is 6.09. The van der Waals surface area contributed by atoms with Crippen LogP contribution in [0.5, 0.6) is 0 Å². The van der Waals surface area contributed by atoms with Gasteiger partial charge in [0.05, 0.1) is 5.69 Å². The van der Waals surface area contributed by atoms with Crippen LogP contribution in [0, 0.1) is 0 Å². The molecule has 3 aromatic rings. The second-order valence-corrected chi connectivity index (χ2v) is 6.63. The third-order valence-corrected chi connectivity index (χ3v) is 4.99. The first-order valence-corrected chi connectivity index (χ1v) is 9.03. The summed E-state index contributed by atoms with van der Waals surface area (Å²) >= 11 is 0. The van der Waals surface area contributed by atoms with Crippen molar-refractivity contribution in [1.29, 1.82) is 0 Å². The van der Waals surface area contributed by atoms with Gasteiger partial charge in [0.25, 0.3) is 5.91 Å². The van der Waals surface area contributed by atoms with Gasteiger partial charge in [0.1, 0.15) is 0 Å². The first-order valence-electron chi connectivity index (χ1n) is 9.03. The molecule has 140 valence electrons. The van der Waals surface area contributed by atoms with Crippen molar-refractivity contribution in [2.24, 2.45) is 10.7 Å². The Morgan fingerprint density at radius 2 is 1.96 bits per heavy atom. The molecule has 0 bridgehead atoms. The zero-order chi connectivity index (χ0) is 19.7. The van der Waals surface area contributed by atoms with Crippen LogP contribution in [0.1, 0.15) is 23.7 Å². The van der Waals surface area contributed by atoms with Gasteiger partial charge in [-0.3, -0.25) is 14.7 Å². The highest BCUT2D eigenvalue weighted by Gasteiger charge is 2.49. The van der Waals surface area contributed by atoms with Crippen LogP contribution in [-0.4, -0.2) is 39.0 Å². The molecule has 7 heteroatoms. The van der Waals surface area contributed by atoms with Gasteiger partial charge in [-0.15, -0.1) is 0 Å². The Balaban J connectivity index is 1.91. The molecule has 2 N–H and O–H groups in total. The Morgan fingerprint density at radius 1 is 1.11 bits per heavy atom. The van der Waals surface area contributed by atoms with Gasteiger partial charge in [-0.2, -0.15) is 10.2 Å². The predicted molar refractivity (Wildman–Crippen MR) is 106 cm³/mol. The van der Waals surface area contributed by atoms with Crippen molar-refractivity contribution in [3.8, 4) is 11.3 Å². The summed E-state index contributed by atoms with van der Waals surface area (Å²) in [7, 11) is 1.63. The molecule has 28 heavy (non-hydrogen) atoms. The van der Waals surface area contributed by atoms with Crippen LogP contribution >= 0.6 is 0 Å². The zero-order valence-corrected chi connectivity index (χ0v) is 15.7. The van der Waals surface area contributed by atoms with E-state index in [1.807, 2.05) is 55.5 Å². The van der Waals surface area contributed by atoms with Crippen LogP contribution in [0.2, 0.25) is 0 Å². The monoisotopic (exact) mass is 372 g/mol. The lowest BCUT2D eigenvalue weighted by Crippen LogP contribution is -2.41. The standard InChI is InChI=1S/C21H20N6O/c1-3-17-10-9-16(13-23-17)21(19(28)27(2)20(22)25-21)15-7-4-6-14(12-15)18-8-5-11-24-26-18/h4-13H,3H2,1-2H3,(H2,22,25). The number of hydrogen-bond donors (Lipinski definition) is 1. The number of nitrogens with zero attached hydrogens (tertiary/aromatic N) is 5. The van der Waals surface area contributed by atoms with Gasteiger partial charge >= 0.3 is 0 Å². The normalized spacial score (nSPS) is 19.0. The van der Waals surface area contributed by atoms with Gasteiger partial charge in [-0.1, -0.05) is 31.2 Å². The number of aliphatic imine (C=N–C) groups is 1. The molecule has 1 aliphatic rings. The van der Waals surface area contributed by atoms with E-state index in [1.165, 1.54) is 4.90 Å². The quantitative estimate of drug-likeness (QED) is 0.757. The van der Waals surface area contributed by atoms with Gasteiger partial charge in [0.2, 0.25) is 0 Å². The molecule has 0 fully saturated rings. The van der Waals surface area contributed by atoms with Gasteiger partial charge in [0.15, 0.2) is 11.5 Å². The molecule has 1 amide bonds. The molecular weight excluding hydrogens is 352 g/mol. The molecule has 7 nitrogen and oxygen atoms in total. The highest BCUT2D eigenvalue weighted by atomic mass is 16.2. The van der Waals surface area contributed by atoms with Crippen molar-refractivity contribution in [2.75, 3.05) is 7.05 Å². The van der Waals surface area contributed by atoms with E-state index in [0.717, 1.165) is 23.4 Å². The van der Waals surface area contributed by atoms with E-state index >= 15 is 0 Å². The van der Waals surface area contributed by atoms with Crippen LogP contribution in [0.3, 0.4) is 0 Å². The van der Waals surface area contributed by atoms with Crippen molar-refractivity contribution in [1.82, 2.24) is 20.1 Å². The molecule has 1 unspecified atom stereocenters. The summed E-state index contributed by atoms with van der Waals surface area (Å²) in [6.45, 7) is 2.03. The Kier molecular flexibility index (Phi) is 4.35. The second kappa shape index (κ2) is 6.84. The minimum absolute atomic E-state index is 0.175. The van der Waals surface area contributed by atoms with Crippen molar-refractivity contribution in [3.05, 3.63) is 77.7 Å². The first kappa shape index (κ1) is 17.8. The number of guanidine groups is 1. The topological polar surface area (TPSA) is 97.4 Å². The number of rotatable bonds is 4. The molecule has 1 atom stereocenters. The second-order valence-electron chi connectivity index (χ2n) is 6.63. The first-order chi connectivity index (χ1) is 13.6. The number of benzene rings is 1. The molecule has 4 rings (SSSR count). The van der Waals surface area contributed by atoms with Crippen molar-refractivity contribution < 1.29 is 4.79 Å². The van der Waals surface area contributed by atoms with Gasteiger partial charge < -0.3 is 5.73 Å². The SMILES string of the molecule is CCc1ccc(C2(c3cccc(-c4cccnn4)c3)N=C(N)N(C)C2=O)cn1. The molecule has 2 aromatic heterocycles. The van der Waals surface area contributed by atoms with E-state index in [1.54, 1.807) is 19.4 Å². The number of pyridine rings is 1. The number of aryl methyl sites for hydroxylation is 1. The number of amides is 1. The Hall–Kier alpha value is -3.61. The molecular formula is C21H20N6O. The summed E-state index contributed by atoms with van der Waals surface area (Å²) in [5.74, 6) is -0.0400. The molecule has 3 heterocycles. The molecule has 0 aliphatic carbocycles. The molecule has 1 aromatic carbocycles. The van der Waals surface area contributed by atoms with E-state index in [9.17, 15) is 4.79 Å². The smallest absolute Gasteiger partial charge is 0.266 e. The average Bonchev–Trinajstić information content (AvgIpc) is 2.99. The third kappa shape index (κ3) is 2.72. The van der Waals surface area contributed by atoms with Gasteiger partial charge in [-0.05, 0) is 36.2 Å². The molecule has 0 spiro atoms. The summed E-state index contributed by atoms with van der Waals surface area (Å²) in [6.07, 6.45) is 4.15. The summed E-state index contributed by atoms with van der Waals surface area (Å²) in [5, 5.41) is 8.10. The maximum absolute atomic E-state index is 13.3. The summed E-state index contributed by atoms with van der Waals surface area (Å²) in [5.41, 5.74) is 8.67. The number of hydrogen-bond acceptors (Lipinski definition) is 6. The Bertz CT molecular complexity index is 1050. The Labute approximate surface area is 163 Å². The van der Waals surface area contributed by atoms with Crippen LogP contribution in [0.15, 0.2) is 65.9 Å². The minimum atomic E-state index is -1.27. The fourth-order valence-electron chi connectivity index (χ4n) is 3.39. The van der Waals surface area contributed by atoms with Crippen molar-refractivity contribution in [3.63, 3.8) is 0 Å². The number of nitrogens with two attached hydrogens (primary N) is 1. The summed E-state index contributed by atoms with van der Waals surface area (Å²) in [4.78, 5) is 23.8. The maximum Gasteiger partial charge on any atom is 0.266 e. The molecule has 0 saturated heterocycles. The fraction of sp³-hybridized carbons (Fsp3) is 0.190. The van der Waals surface area contributed by atoms with E-state index in [0.29, 0.717) is 11.1 Å². The zero-order valence-electron chi connectivity index (χ0n) is 15.7. The van der Waals surface area contributed by atoms with Crippen LogP contribution in [0.25, 0.3) is 11.3 Å². The van der Waals surface area contributed by atoms with E-state index in [4.69, 9.17) is 5.73 Å². The summed E-state index contributed by atoms with van der Waals surface area (Å²) < 4.78 is 0. The number of carbonyl (C=O) groups excluding carboxylic acids is 1. The number of carbonyl (C=O) groups is 1. The van der Waals surface area contributed by atoms with Gasteiger partial charge in [-0.25, -0.2) is 4.99 Å². The number of likely N-dealkylation sites (N-methyl/N-ethyl adjacent to an activating group) is 1. The lowest BCUT2D eigenvalue weighted by Gasteiger charge is -2.26. The molecule has 0 saturated carbocycles. The third-order valence-electron chi connectivity index (χ3n) is 4.99. The lowest BCUT2D eigenvalue weighted by atomic mass is 9.82. The van der Waals surface area contributed by atoms with Crippen LogP contribution < -0.4 is 5.73 Å². The van der Waals surface area contributed by atoms with Gasteiger partial charge in [0, 0.05) is 36.3 Å². The molecule has 0 radical (unpaired) electrons. The Morgan fingerprint density at radius 3 is 2.57 bits per heavy atom. The van der Waals surface area contributed by atoms with E-state index < -0.39 is 5.54 Å². The van der Waals surface area contributed by atoms with E-state index in [-0.39, 0.29) is 11.9 Å². The fourth-order valence-corrected chi connectivity index (χ4v) is 3.39. The average molecular weight is 372 g/mol. The number of aromatic nitrogens is 3. The summed E-state index contributed by atoms with van der Waals surface area (Å²) in [6, 6.07) is 15.1. The van der Waals surface area contributed by atoms with Crippen molar-refractivity contribution >= 4 is 11.9 Å². The predicted octanol–water partition coefficient (Wildman–Crippen LogP) is 2.13.